The molecule has 0 aliphatic rings. The zero-order valence-corrected chi connectivity index (χ0v) is 12.1. The summed E-state index contributed by atoms with van der Waals surface area (Å²) in [7, 11) is -3.97. The quantitative estimate of drug-likeness (QED) is 0.314. The first-order chi connectivity index (χ1) is 6.22. The van der Waals surface area contributed by atoms with E-state index in [0.717, 1.165) is 0 Å². The van der Waals surface area contributed by atoms with Crippen LogP contribution in [0.4, 0.5) is 0 Å². The fourth-order valence-electron chi connectivity index (χ4n) is 0.836. The van der Waals surface area contributed by atoms with Crippen molar-refractivity contribution in [3.63, 3.8) is 0 Å². The number of carbonyl (C=O) groups excluding carboxylic acids is 1. The normalized spacial score (nSPS) is 12.5. The molecule has 0 heterocycles. The number of carbonyl (C=O) groups is 1. The van der Waals surface area contributed by atoms with E-state index in [0.29, 0.717) is 5.57 Å². The molecule has 0 aromatic carbocycles. The first-order valence-electron chi connectivity index (χ1n) is 4.11. The Hall–Kier alpha value is 0.120. The number of hydrogen-bond donors (Lipinski definition) is 2. The Kier molecular flexibility index (Phi) is 8.64. The molecule has 15 heavy (non-hydrogen) atoms. The van der Waals surface area contributed by atoms with Gasteiger partial charge in [0.25, 0.3) is 10.1 Å². The van der Waals surface area contributed by atoms with E-state index in [1.165, 1.54) is 0 Å². The fraction of sp³-hybridized carbons (Fsp3) is 0.625. The van der Waals surface area contributed by atoms with E-state index in [-0.39, 0.29) is 55.1 Å². The molecule has 0 fully saturated rings. The van der Waals surface area contributed by atoms with E-state index < -0.39 is 10.1 Å². The van der Waals surface area contributed by atoms with Crippen LogP contribution in [-0.4, -0.2) is 31.2 Å². The summed E-state index contributed by atoms with van der Waals surface area (Å²) in [4.78, 5) is 11.0. The maximum Gasteiger partial charge on any atom is 1.00 e. The minimum Gasteiger partial charge on any atom is -1.00 e. The van der Waals surface area contributed by atoms with Crippen LogP contribution in [-0.2, 0) is 14.9 Å². The molecule has 0 aromatic heterocycles. The Morgan fingerprint density at radius 1 is 1.60 bits per heavy atom. The Bertz CT molecular complexity index is 331. The maximum absolute atomic E-state index is 11.0. The van der Waals surface area contributed by atoms with E-state index in [4.69, 9.17) is 4.55 Å². The van der Waals surface area contributed by atoms with E-state index in [1.54, 1.807) is 13.8 Å². The van der Waals surface area contributed by atoms with E-state index in [9.17, 15) is 13.2 Å². The molecule has 0 aliphatic heterocycles. The summed E-state index contributed by atoms with van der Waals surface area (Å²) in [5.41, 5.74) is 0.365. The van der Waals surface area contributed by atoms with Crippen molar-refractivity contribution in [3.05, 3.63) is 12.2 Å². The van der Waals surface area contributed by atoms with Crippen molar-refractivity contribution in [3.8, 4) is 0 Å². The summed E-state index contributed by atoms with van der Waals surface area (Å²) < 4.78 is 29.4. The Labute approximate surface area is 114 Å². The Morgan fingerprint density at radius 3 is 2.40 bits per heavy atom. The molecular weight excluding hydrogens is 229 g/mol. The van der Waals surface area contributed by atoms with Crippen LogP contribution in [0.5, 0.6) is 0 Å². The molecule has 0 saturated carbocycles. The average Bonchev–Trinajstić information content (AvgIpc) is 1.96. The molecular formula is C8H16NNaO4S. The molecule has 84 valence electrons. The van der Waals surface area contributed by atoms with Gasteiger partial charge in [-0.05, 0) is 12.8 Å². The molecule has 0 rings (SSSR count). The van der Waals surface area contributed by atoms with Gasteiger partial charge in [0.15, 0.2) is 0 Å². The second kappa shape index (κ2) is 7.40. The van der Waals surface area contributed by atoms with E-state index in [1.807, 2.05) is 0 Å². The van der Waals surface area contributed by atoms with Crippen LogP contribution in [0.2, 0.25) is 0 Å². The third-order valence-corrected chi connectivity index (χ3v) is 2.48. The van der Waals surface area contributed by atoms with Gasteiger partial charge in [0, 0.05) is 12.1 Å². The SMILES string of the molecule is C=C(C)C(=O)NCC(C)CS(=O)(=O)O.[H-].[Na+]. The van der Waals surface area contributed by atoms with Crippen LogP contribution >= 0.6 is 0 Å². The maximum atomic E-state index is 11.0. The molecule has 5 nitrogen and oxygen atoms in total. The van der Waals surface area contributed by atoms with Gasteiger partial charge in [0.05, 0.1) is 5.75 Å². The summed E-state index contributed by atoms with van der Waals surface area (Å²) in [5, 5.41) is 2.49. The summed E-state index contributed by atoms with van der Waals surface area (Å²) >= 11 is 0. The van der Waals surface area contributed by atoms with Crippen LogP contribution in [0.1, 0.15) is 15.3 Å². The first-order valence-corrected chi connectivity index (χ1v) is 5.72. The van der Waals surface area contributed by atoms with Crippen molar-refractivity contribution in [2.24, 2.45) is 5.92 Å². The molecule has 7 heteroatoms. The van der Waals surface area contributed by atoms with Crippen molar-refractivity contribution in [2.75, 3.05) is 12.3 Å². The van der Waals surface area contributed by atoms with Crippen molar-refractivity contribution in [2.45, 2.75) is 13.8 Å². The summed E-state index contributed by atoms with van der Waals surface area (Å²) in [5.74, 6) is -0.996. The predicted molar refractivity (Wildman–Crippen MR) is 54.5 cm³/mol. The second-order valence-corrected chi connectivity index (χ2v) is 4.84. The van der Waals surface area contributed by atoms with Crippen LogP contribution < -0.4 is 34.9 Å². The molecule has 1 amide bonds. The van der Waals surface area contributed by atoms with Gasteiger partial charge < -0.3 is 6.74 Å². The third kappa shape index (κ3) is 10.4. The van der Waals surface area contributed by atoms with Gasteiger partial charge in [-0.2, -0.15) is 8.42 Å². The molecule has 0 saturated heterocycles. The summed E-state index contributed by atoms with van der Waals surface area (Å²) in [6, 6.07) is 0. The van der Waals surface area contributed by atoms with Gasteiger partial charge in [-0.3, -0.25) is 9.35 Å². The molecule has 0 aromatic rings. The topological polar surface area (TPSA) is 83.5 Å². The Morgan fingerprint density at radius 2 is 2.07 bits per heavy atom. The number of amides is 1. The minimum absolute atomic E-state index is 0. The van der Waals surface area contributed by atoms with Crippen molar-refractivity contribution >= 4 is 16.0 Å². The largest absolute Gasteiger partial charge is 1.00 e. The third-order valence-electron chi connectivity index (χ3n) is 1.49. The van der Waals surface area contributed by atoms with Crippen LogP contribution in [0, 0.1) is 5.92 Å². The minimum atomic E-state index is -3.97. The predicted octanol–water partition coefficient (Wildman–Crippen LogP) is -2.68. The summed E-state index contributed by atoms with van der Waals surface area (Å²) in [6.45, 7) is 6.80. The smallest absolute Gasteiger partial charge is 1.00 e. The monoisotopic (exact) mass is 245 g/mol. The van der Waals surface area contributed by atoms with Gasteiger partial charge in [-0.25, -0.2) is 0 Å². The second-order valence-electron chi connectivity index (χ2n) is 3.34. The standard InChI is InChI=1S/C8H15NO4S.Na.H/c1-6(2)8(10)9-4-7(3)5-14(11,12)13;;/h7H,1,4-5H2,2-3H3,(H,9,10)(H,11,12,13);;/q;+1;-1. The zero-order chi connectivity index (χ0) is 11.4. The van der Waals surface area contributed by atoms with Gasteiger partial charge in [-0.1, -0.05) is 13.5 Å². The van der Waals surface area contributed by atoms with Crippen molar-refractivity contribution < 1.29 is 48.7 Å². The molecule has 0 bridgehead atoms. The van der Waals surface area contributed by atoms with Crippen molar-refractivity contribution in [1.82, 2.24) is 5.32 Å². The van der Waals surface area contributed by atoms with Crippen LogP contribution in [0.25, 0.3) is 0 Å². The van der Waals surface area contributed by atoms with E-state index >= 15 is 0 Å². The van der Waals surface area contributed by atoms with E-state index in [2.05, 4.69) is 11.9 Å². The number of hydrogen-bond acceptors (Lipinski definition) is 3. The average molecular weight is 245 g/mol. The molecule has 0 spiro atoms. The van der Waals surface area contributed by atoms with Gasteiger partial charge in [0.1, 0.15) is 0 Å². The zero-order valence-electron chi connectivity index (χ0n) is 10.3. The first kappa shape index (κ1) is 17.5. The fourth-order valence-corrected chi connectivity index (χ4v) is 1.67. The summed E-state index contributed by atoms with van der Waals surface area (Å²) in [6.07, 6.45) is 0. The molecule has 1 atom stereocenters. The number of rotatable bonds is 5. The van der Waals surface area contributed by atoms with Gasteiger partial charge >= 0.3 is 29.6 Å². The van der Waals surface area contributed by atoms with Gasteiger partial charge in [0.2, 0.25) is 5.91 Å². The molecule has 0 aliphatic carbocycles. The Balaban J connectivity index is -0.000000845. The molecule has 0 radical (unpaired) electrons. The molecule has 2 N–H and O–H groups in total. The van der Waals surface area contributed by atoms with Crippen LogP contribution in [0.15, 0.2) is 12.2 Å². The molecule has 1 unspecified atom stereocenters. The van der Waals surface area contributed by atoms with Gasteiger partial charge in [-0.15, -0.1) is 0 Å². The number of nitrogens with one attached hydrogen (secondary N) is 1. The van der Waals surface area contributed by atoms with Crippen LogP contribution in [0.3, 0.4) is 0 Å². The van der Waals surface area contributed by atoms with Crippen molar-refractivity contribution in [1.29, 1.82) is 0 Å².